The number of hydrogen-bond donors (Lipinski definition) is 2. The predicted molar refractivity (Wildman–Crippen MR) is 76.7 cm³/mol. The largest absolute Gasteiger partial charge is 0.508 e. The minimum atomic E-state index is -1.53. The summed E-state index contributed by atoms with van der Waals surface area (Å²) in [5.74, 6) is -1.30. The van der Waals surface area contributed by atoms with Crippen LogP contribution in [0.25, 0.3) is 0 Å². The van der Waals surface area contributed by atoms with E-state index in [2.05, 4.69) is 0 Å². The number of phenolic OH excluding ortho intramolecular Hbond substituents is 1. The summed E-state index contributed by atoms with van der Waals surface area (Å²) in [5, 5.41) is 18.9. The summed E-state index contributed by atoms with van der Waals surface area (Å²) in [6.45, 7) is 3.86. The first-order chi connectivity index (χ1) is 9.84. The highest BCUT2D eigenvalue weighted by Gasteiger charge is 2.46. The van der Waals surface area contributed by atoms with Crippen LogP contribution in [0.2, 0.25) is 0 Å². The highest BCUT2D eigenvalue weighted by Crippen LogP contribution is 2.37. The van der Waals surface area contributed by atoms with E-state index in [1.807, 2.05) is 19.9 Å². The number of carbonyl (C=O) groups excluding carboxylic acids is 1. The molecule has 0 aromatic heterocycles. The summed E-state index contributed by atoms with van der Waals surface area (Å²) in [6, 6.07) is 4.11. The molecule has 0 aliphatic carbocycles. The van der Waals surface area contributed by atoms with E-state index in [-0.39, 0.29) is 35.7 Å². The molecule has 0 saturated heterocycles. The van der Waals surface area contributed by atoms with Crippen molar-refractivity contribution in [3.63, 3.8) is 0 Å². The van der Waals surface area contributed by atoms with Gasteiger partial charge in [0.15, 0.2) is 5.78 Å². The van der Waals surface area contributed by atoms with Crippen molar-refractivity contribution < 1.29 is 24.5 Å². The van der Waals surface area contributed by atoms with Crippen molar-refractivity contribution in [2.24, 2.45) is 0 Å². The molecule has 0 spiro atoms. The van der Waals surface area contributed by atoms with E-state index in [0.717, 1.165) is 5.57 Å². The first kappa shape index (κ1) is 15.1. The number of aromatic hydroxyl groups is 1. The minimum absolute atomic E-state index is 0.0435. The molecule has 112 valence electrons. The molecule has 0 saturated carbocycles. The Bertz CT molecular complexity index is 613. The predicted octanol–water partition coefficient (Wildman–Crippen LogP) is 2.93. The normalized spacial score (nSPS) is 20.4. The van der Waals surface area contributed by atoms with Crippen molar-refractivity contribution in [1.29, 1.82) is 0 Å². The van der Waals surface area contributed by atoms with Gasteiger partial charge in [0.1, 0.15) is 11.5 Å². The number of rotatable bonds is 4. The molecule has 2 N–H and O–H groups in total. The molecule has 2 rings (SSSR count). The summed E-state index contributed by atoms with van der Waals surface area (Å²) in [4.78, 5) is 23.8. The molecule has 1 atom stereocenters. The smallest absolute Gasteiger partial charge is 0.348 e. The van der Waals surface area contributed by atoms with Gasteiger partial charge in [-0.3, -0.25) is 4.79 Å². The molecule has 1 aromatic carbocycles. The van der Waals surface area contributed by atoms with Crippen LogP contribution in [0.5, 0.6) is 11.5 Å². The van der Waals surface area contributed by atoms with Crippen LogP contribution in [0.15, 0.2) is 29.8 Å². The Morgan fingerprint density at radius 1 is 1.43 bits per heavy atom. The molecule has 1 aliphatic heterocycles. The third kappa shape index (κ3) is 3.07. The minimum Gasteiger partial charge on any atom is -0.508 e. The highest BCUT2D eigenvalue weighted by molar-refractivity contribution is 6.03. The molecular weight excluding hydrogens is 272 g/mol. The fourth-order valence-electron chi connectivity index (χ4n) is 2.39. The number of allylic oxidation sites excluding steroid dienone is 2. The Balaban J connectivity index is 2.33. The van der Waals surface area contributed by atoms with Crippen LogP contribution in [0.1, 0.15) is 43.5 Å². The summed E-state index contributed by atoms with van der Waals surface area (Å²) in [5.41, 5.74) is -0.218. The molecule has 0 bridgehead atoms. The van der Waals surface area contributed by atoms with Crippen LogP contribution in [0.4, 0.5) is 0 Å². The summed E-state index contributed by atoms with van der Waals surface area (Å²) in [7, 11) is 0. The van der Waals surface area contributed by atoms with Crippen molar-refractivity contribution in [2.45, 2.75) is 38.7 Å². The van der Waals surface area contributed by atoms with E-state index in [0.29, 0.717) is 6.42 Å². The molecule has 1 aliphatic rings. The molecular formula is C16H18O5. The van der Waals surface area contributed by atoms with Crippen molar-refractivity contribution >= 4 is 11.8 Å². The first-order valence-electron chi connectivity index (χ1n) is 6.76. The Hall–Kier alpha value is -2.30. The van der Waals surface area contributed by atoms with Crippen molar-refractivity contribution in [2.75, 3.05) is 0 Å². The van der Waals surface area contributed by atoms with E-state index >= 15 is 0 Å². The molecule has 1 heterocycles. The lowest BCUT2D eigenvalue weighted by atomic mass is 9.86. The Morgan fingerprint density at radius 3 is 2.76 bits per heavy atom. The van der Waals surface area contributed by atoms with Crippen molar-refractivity contribution in [1.82, 2.24) is 0 Å². The molecule has 0 unspecified atom stereocenters. The van der Waals surface area contributed by atoms with Crippen LogP contribution in [-0.2, 0) is 4.79 Å². The third-order valence-electron chi connectivity index (χ3n) is 3.51. The number of ether oxygens (including phenoxy) is 1. The van der Waals surface area contributed by atoms with Gasteiger partial charge in [0.05, 0.1) is 12.0 Å². The molecule has 0 radical (unpaired) electrons. The number of carbonyl (C=O) groups is 2. The average molecular weight is 290 g/mol. The Labute approximate surface area is 122 Å². The number of ketones is 1. The van der Waals surface area contributed by atoms with Gasteiger partial charge in [-0.2, -0.15) is 0 Å². The zero-order valence-corrected chi connectivity index (χ0v) is 12.0. The second kappa shape index (κ2) is 5.60. The number of carboxylic acid groups (broad SMARTS) is 1. The van der Waals surface area contributed by atoms with E-state index in [1.54, 1.807) is 0 Å². The molecule has 0 amide bonds. The molecule has 1 aromatic rings. The summed E-state index contributed by atoms with van der Waals surface area (Å²) >= 11 is 0. The highest BCUT2D eigenvalue weighted by atomic mass is 16.5. The van der Waals surface area contributed by atoms with Gasteiger partial charge >= 0.3 is 5.97 Å². The Morgan fingerprint density at radius 2 is 2.14 bits per heavy atom. The summed E-state index contributed by atoms with van der Waals surface area (Å²) in [6.07, 6.45) is 2.44. The van der Waals surface area contributed by atoms with Crippen LogP contribution >= 0.6 is 0 Å². The maximum atomic E-state index is 12.2. The maximum Gasteiger partial charge on any atom is 0.348 e. The van der Waals surface area contributed by atoms with Gasteiger partial charge in [0.2, 0.25) is 5.60 Å². The lowest BCUT2D eigenvalue weighted by molar-refractivity contribution is -0.156. The number of aliphatic carboxylic acids is 1. The number of benzene rings is 1. The van der Waals surface area contributed by atoms with Gasteiger partial charge in [0, 0.05) is 6.42 Å². The monoisotopic (exact) mass is 290 g/mol. The van der Waals surface area contributed by atoms with Crippen molar-refractivity contribution in [3.8, 4) is 11.5 Å². The molecule has 5 heteroatoms. The quantitative estimate of drug-likeness (QED) is 0.833. The fourth-order valence-corrected chi connectivity index (χ4v) is 2.39. The van der Waals surface area contributed by atoms with E-state index in [9.17, 15) is 19.8 Å². The summed E-state index contributed by atoms with van der Waals surface area (Å²) < 4.78 is 5.63. The maximum absolute atomic E-state index is 12.2. The zero-order chi connectivity index (χ0) is 15.6. The van der Waals surface area contributed by atoms with Gasteiger partial charge in [-0.1, -0.05) is 11.6 Å². The molecule has 0 fully saturated rings. The fraction of sp³-hybridized carbons (Fsp3) is 0.375. The van der Waals surface area contributed by atoms with Crippen LogP contribution in [0.3, 0.4) is 0 Å². The first-order valence-corrected chi connectivity index (χ1v) is 6.76. The standard InChI is InChI=1S/C16H18O5/c1-10(2)4-3-7-16(15(19)20)9-13(18)12-8-11(17)5-6-14(12)21-16/h4-6,8,17H,3,7,9H2,1-2H3,(H,19,20)/t16-/m1/s1. The van der Waals surface area contributed by atoms with Crippen LogP contribution in [0, 0.1) is 0 Å². The number of phenols is 1. The number of hydrogen-bond acceptors (Lipinski definition) is 4. The third-order valence-corrected chi connectivity index (χ3v) is 3.51. The molecule has 5 nitrogen and oxygen atoms in total. The second-order valence-electron chi connectivity index (χ2n) is 5.50. The van der Waals surface area contributed by atoms with Gasteiger partial charge in [-0.15, -0.1) is 0 Å². The van der Waals surface area contributed by atoms with E-state index in [1.165, 1.54) is 18.2 Å². The van der Waals surface area contributed by atoms with E-state index in [4.69, 9.17) is 4.74 Å². The van der Waals surface area contributed by atoms with Gasteiger partial charge in [-0.05, 0) is 38.5 Å². The Kier molecular flexibility index (Phi) is 4.02. The second-order valence-corrected chi connectivity index (χ2v) is 5.50. The average Bonchev–Trinajstić information content (AvgIpc) is 2.39. The number of Topliss-reactive ketones (excluding diaryl/α,β-unsaturated/α-hetero) is 1. The van der Waals surface area contributed by atoms with Crippen LogP contribution in [-0.4, -0.2) is 27.6 Å². The van der Waals surface area contributed by atoms with Gasteiger partial charge in [0.25, 0.3) is 0 Å². The van der Waals surface area contributed by atoms with Crippen LogP contribution < -0.4 is 4.74 Å². The van der Waals surface area contributed by atoms with Crippen molar-refractivity contribution in [3.05, 3.63) is 35.4 Å². The lowest BCUT2D eigenvalue weighted by Crippen LogP contribution is -2.49. The molecule has 21 heavy (non-hydrogen) atoms. The number of carboxylic acids is 1. The SMILES string of the molecule is CC(C)=CCC[C@]1(C(=O)O)CC(=O)c2cc(O)ccc2O1. The topological polar surface area (TPSA) is 83.8 Å². The van der Waals surface area contributed by atoms with E-state index < -0.39 is 11.6 Å². The van der Waals surface area contributed by atoms with Gasteiger partial charge < -0.3 is 14.9 Å². The van der Waals surface area contributed by atoms with Gasteiger partial charge in [-0.25, -0.2) is 4.79 Å². The lowest BCUT2D eigenvalue weighted by Gasteiger charge is -2.34. The number of fused-ring (bicyclic) bond motifs is 1. The zero-order valence-electron chi connectivity index (χ0n) is 12.0.